The number of carbonyl (C=O) groups is 2. The molecule has 0 radical (unpaired) electrons. The van der Waals surface area contributed by atoms with Crippen LogP contribution in [-0.2, 0) is 32.6 Å². The molecule has 0 unspecified atom stereocenters. The van der Waals surface area contributed by atoms with Crippen molar-refractivity contribution in [1.82, 2.24) is 10.2 Å². The van der Waals surface area contributed by atoms with Crippen LogP contribution in [0.2, 0.25) is 15.1 Å². The van der Waals surface area contributed by atoms with Crippen LogP contribution < -0.4 is 9.62 Å². The quantitative estimate of drug-likeness (QED) is 0.137. The van der Waals surface area contributed by atoms with Gasteiger partial charge in [-0.15, -0.1) is 0 Å². The first-order chi connectivity index (χ1) is 22.0. The van der Waals surface area contributed by atoms with Crippen LogP contribution in [0.5, 0.6) is 0 Å². The maximum Gasteiger partial charge on any atom is 0.264 e. The SMILES string of the molecule is CCCCNC(=O)[C@H](Cc1ccccc1)N(Cc1cccc(Cl)c1)C(=O)CN(c1cccc(Cl)c1Cl)S(=O)(=O)c1ccc(C)cc1. The summed E-state index contributed by atoms with van der Waals surface area (Å²) in [7, 11) is -4.32. The predicted molar refractivity (Wildman–Crippen MR) is 186 cm³/mol. The number of hydrogen-bond acceptors (Lipinski definition) is 4. The Balaban J connectivity index is 1.82. The highest BCUT2D eigenvalue weighted by Gasteiger charge is 2.35. The number of benzene rings is 4. The first-order valence-corrected chi connectivity index (χ1v) is 17.5. The molecule has 0 saturated heterocycles. The lowest BCUT2D eigenvalue weighted by molar-refractivity contribution is -0.140. The molecule has 4 aromatic carbocycles. The van der Waals surface area contributed by atoms with Gasteiger partial charge in [-0.3, -0.25) is 13.9 Å². The summed E-state index contributed by atoms with van der Waals surface area (Å²) in [5, 5.41) is 3.54. The Bertz CT molecular complexity index is 1750. The van der Waals surface area contributed by atoms with Crippen molar-refractivity contribution in [3.8, 4) is 0 Å². The Morgan fingerprint density at radius 1 is 0.848 bits per heavy atom. The van der Waals surface area contributed by atoms with Gasteiger partial charge in [0.15, 0.2) is 0 Å². The van der Waals surface area contributed by atoms with Gasteiger partial charge in [-0.05, 0) is 60.9 Å². The van der Waals surface area contributed by atoms with Crippen LogP contribution in [0.3, 0.4) is 0 Å². The molecule has 2 amide bonds. The average Bonchev–Trinajstić information content (AvgIpc) is 3.03. The van der Waals surface area contributed by atoms with Crippen LogP contribution in [-0.4, -0.2) is 44.3 Å². The van der Waals surface area contributed by atoms with E-state index >= 15 is 0 Å². The zero-order chi connectivity index (χ0) is 33.3. The van der Waals surface area contributed by atoms with E-state index in [2.05, 4.69) is 5.32 Å². The number of rotatable bonds is 14. The summed E-state index contributed by atoms with van der Waals surface area (Å²) in [4.78, 5) is 29.8. The molecule has 0 aliphatic rings. The van der Waals surface area contributed by atoms with Crippen molar-refractivity contribution >= 4 is 62.3 Å². The summed E-state index contributed by atoms with van der Waals surface area (Å²) in [5.41, 5.74) is 2.42. The van der Waals surface area contributed by atoms with E-state index in [4.69, 9.17) is 34.8 Å². The fourth-order valence-corrected chi connectivity index (χ4v) is 7.01. The van der Waals surface area contributed by atoms with E-state index in [1.54, 1.807) is 42.5 Å². The lowest BCUT2D eigenvalue weighted by Gasteiger charge is -2.34. The van der Waals surface area contributed by atoms with Gasteiger partial charge in [-0.2, -0.15) is 0 Å². The summed E-state index contributed by atoms with van der Waals surface area (Å²) in [6.45, 7) is 3.65. The third-order valence-corrected chi connectivity index (χ3v) is 10.2. The normalized spacial score (nSPS) is 11.9. The van der Waals surface area contributed by atoms with Crippen molar-refractivity contribution in [2.24, 2.45) is 0 Å². The Labute approximate surface area is 286 Å². The largest absolute Gasteiger partial charge is 0.354 e. The Morgan fingerprint density at radius 2 is 1.52 bits per heavy atom. The first-order valence-electron chi connectivity index (χ1n) is 14.9. The number of nitrogens with one attached hydrogen (secondary N) is 1. The molecule has 4 rings (SSSR count). The van der Waals surface area contributed by atoms with Crippen LogP contribution in [0.15, 0.2) is 102 Å². The maximum atomic E-state index is 14.5. The smallest absolute Gasteiger partial charge is 0.264 e. The zero-order valence-corrected chi connectivity index (χ0v) is 28.7. The average molecular weight is 701 g/mol. The minimum Gasteiger partial charge on any atom is -0.354 e. The Kier molecular flexibility index (Phi) is 12.5. The molecule has 0 fully saturated rings. The molecule has 0 heterocycles. The molecule has 7 nitrogen and oxygen atoms in total. The molecule has 1 atom stereocenters. The summed E-state index contributed by atoms with van der Waals surface area (Å²) >= 11 is 19.2. The van der Waals surface area contributed by atoms with Crippen LogP contribution in [0.1, 0.15) is 36.5 Å². The lowest BCUT2D eigenvalue weighted by Crippen LogP contribution is -2.53. The summed E-state index contributed by atoms with van der Waals surface area (Å²) in [6.07, 6.45) is 1.84. The number of carbonyl (C=O) groups excluding carboxylic acids is 2. The molecule has 11 heteroatoms. The van der Waals surface area contributed by atoms with E-state index < -0.39 is 28.5 Å². The fourth-order valence-electron chi connectivity index (χ4n) is 4.93. The molecule has 46 heavy (non-hydrogen) atoms. The van der Waals surface area contributed by atoms with Crippen molar-refractivity contribution in [2.75, 3.05) is 17.4 Å². The van der Waals surface area contributed by atoms with Gasteiger partial charge in [0.05, 0.1) is 20.6 Å². The van der Waals surface area contributed by atoms with E-state index in [-0.39, 0.29) is 39.5 Å². The maximum absolute atomic E-state index is 14.5. The Morgan fingerprint density at radius 3 is 2.20 bits per heavy atom. The molecule has 1 N–H and O–H groups in total. The summed E-state index contributed by atoms with van der Waals surface area (Å²) < 4.78 is 29.3. The van der Waals surface area contributed by atoms with E-state index in [1.165, 1.54) is 29.2 Å². The number of halogens is 3. The van der Waals surface area contributed by atoms with Crippen molar-refractivity contribution in [2.45, 2.75) is 50.6 Å². The molecule has 0 aliphatic heterocycles. The summed E-state index contributed by atoms with van der Waals surface area (Å²) in [5.74, 6) is -0.959. The number of sulfonamides is 1. The van der Waals surface area contributed by atoms with Gasteiger partial charge in [0.1, 0.15) is 12.6 Å². The molecular formula is C35H36Cl3N3O4S. The monoisotopic (exact) mass is 699 g/mol. The van der Waals surface area contributed by atoms with Crippen molar-refractivity contribution < 1.29 is 18.0 Å². The molecule has 242 valence electrons. The topological polar surface area (TPSA) is 86.8 Å². The number of aryl methyl sites for hydroxylation is 1. The highest BCUT2D eigenvalue weighted by atomic mass is 35.5. The van der Waals surface area contributed by atoms with E-state index in [0.717, 1.165) is 28.3 Å². The minimum absolute atomic E-state index is 0.000210. The van der Waals surface area contributed by atoms with Crippen molar-refractivity contribution in [3.63, 3.8) is 0 Å². The van der Waals surface area contributed by atoms with E-state index in [0.29, 0.717) is 17.1 Å². The molecule has 0 spiro atoms. The number of anilines is 1. The number of unbranched alkanes of at least 4 members (excludes halogenated alkanes) is 1. The number of amides is 2. The van der Waals surface area contributed by atoms with Gasteiger partial charge >= 0.3 is 0 Å². The van der Waals surface area contributed by atoms with Gasteiger partial charge in [0.2, 0.25) is 11.8 Å². The van der Waals surface area contributed by atoms with E-state index in [9.17, 15) is 18.0 Å². The standard InChI is InChI=1S/C35H36Cl3N3O4S/c1-3-4-20-39-35(43)32(22-26-10-6-5-7-11-26)40(23-27-12-8-13-28(36)21-27)33(42)24-41(31-15-9-14-30(37)34(31)38)46(44,45)29-18-16-25(2)17-19-29/h5-19,21,32H,3-4,20,22-24H2,1-2H3,(H,39,43)/t32-/m0/s1. The molecular weight excluding hydrogens is 665 g/mol. The third kappa shape index (κ3) is 9.04. The van der Waals surface area contributed by atoms with Gasteiger partial charge in [0.25, 0.3) is 10.0 Å². The van der Waals surface area contributed by atoms with Crippen LogP contribution in [0.4, 0.5) is 5.69 Å². The molecule has 0 aromatic heterocycles. The lowest BCUT2D eigenvalue weighted by atomic mass is 10.0. The second-order valence-electron chi connectivity index (χ2n) is 10.9. The predicted octanol–water partition coefficient (Wildman–Crippen LogP) is 7.71. The fraction of sp³-hybridized carbons (Fsp3) is 0.257. The third-order valence-electron chi connectivity index (χ3n) is 7.43. The van der Waals surface area contributed by atoms with Crippen molar-refractivity contribution in [1.29, 1.82) is 0 Å². The highest BCUT2D eigenvalue weighted by molar-refractivity contribution is 7.92. The zero-order valence-electron chi connectivity index (χ0n) is 25.6. The van der Waals surface area contributed by atoms with Gasteiger partial charge in [-0.1, -0.05) is 114 Å². The Hall–Kier alpha value is -3.56. The van der Waals surface area contributed by atoms with Gasteiger partial charge in [0, 0.05) is 24.5 Å². The minimum atomic E-state index is -4.32. The van der Waals surface area contributed by atoms with E-state index in [1.807, 2.05) is 44.2 Å². The van der Waals surface area contributed by atoms with Crippen molar-refractivity contribution in [3.05, 3.63) is 129 Å². The second kappa shape index (κ2) is 16.3. The van der Waals surface area contributed by atoms with Crippen LogP contribution in [0, 0.1) is 6.92 Å². The highest BCUT2D eigenvalue weighted by Crippen LogP contribution is 2.35. The second-order valence-corrected chi connectivity index (χ2v) is 14.0. The molecule has 0 saturated carbocycles. The number of hydrogen-bond donors (Lipinski definition) is 1. The molecule has 4 aromatic rings. The first kappa shape index (κ1) is 35.3. The van der Waals surface area contributed by atoms with Crippen LogP contribution in [0.25, 0.3) is 0 Å². The molecule has 0 bridgehead atoms. The summed E-state index contributed by atoms with van der Waals surface area (Å²) in [6, 6.07) is 26.3. The molecule has 0 aliphatic carbocycles. The van der Waals surface area contributed by atoms with Crippen LogP contribution >= 0.6 is 34.8 Å². The number of nitrogens with zero attached hydrogens (tertiary/aromatic N) is 2. The van der Waals surface area contributed by atoms with Gasteiger partial charge < -0.3 is 10.2 Å². The van der Waals surface area contributed by atoms with Gasteiger partial charge in [-0.25, -0.2) is 8.42 Å².